The van der Waals surface area contributed by atoms with Crippen molar-refractivity contribution in [3.8, 4) is 5.75 Å². The number of hydrogen-bond acceptors (Lipinski definition) is 4. The molecule has 1 aromatic carbocycles. The maximum absolute atomic E-state index is 12.7. The number of guanidine groups is 1. The van der Waals surface area contributed by atoms with Crippen molar-refractivity contribution in [2.24, 2.45) is 4.99 Å². The van der Waals surface area contributed by atoms with E-state index in [2.05, 4.69) is 25.3 Å². The summed E-state index contributed by atoms with van der Waals surface area (Å²) in [5.41, 5.74) is 1.16. The van der Waals surface area contributed by atoms with E-state index in [1.54, 1.807) is 0 Å². The van der Waals surface area contributed by atoms with Crippen LogP contribution in [0.15, 0.2) is 21.5 Å². The molecule has 2 rings (SSSR count). The van der Waals surface area contributed by atoms with Crippen LogP contribution in [0.2, 0.25) is 10.0 Å². The number of benzene rings is 1. The van der Waals surface area contributed by atoms with Crippen LogP contribution in [0.3, 0.4) is 0 Å². The average molecular weight is 549 g/mol. The van der Waals surface area contributed by atoms with E-state index in [4.69, 9.17) is 27.6 Å². The monoisotopic (exact) mass is 548 g/mol. The fraction of sp³-hybridized carbons (Fsp3) is 0.412. The van der Waals surface area contributed by atoms with Gasteiger partial charge in [-0.15, -0.1) is 24.0 Å². The molecule has 0 aliphatic carbocycles. The van der Waals surface area contributed by atoms with Crippen LogP contribution in [-0.2, 0) is 13.1 Å². The molecule has 0 saturated carbocycles. The standard InChI is InChI=1S/C17H20Cl2F2N4O2.HI/c1-4-22-17(24-8-14-25-9(2)10(3)26-14)23-7-11-5-12(18)6-13(19)15(11)27-16(20)21;/h5-6,16H,4,7-8H2,1-3H3,(H2,22,23,24);1H. The average Bonchev–Trinajstić information content (AvgIpc) is 2.91. The zero-order valence-electron chi connectivity index (χ0n) is 15.5. The van der Waals surface area contributed by atoms with Crippen LogP contribution in [0, 0.1) is 13.8 Å². The summed E-state index contributed by atoms with van der Waals surface area (Å²) in [7, 11) is 0. The molecule has 2 N–H and O–H groups in total. The lowest BCUT2D eigenvalue weighted by atomic mass is 10.2. The van der Waals surface area contributed by atoms with Crippen molar-refractivity contribution < 1.29 is 17.9 Å². The van der Waals surface area contributed by atoms with Crippen LogP contribution in [-0.4, -0.2) is 24.1 Å². The van der Waals surface area contributed by atoms with Crippen LogP contribution in [0.25, 0.3) is 0 Å². The number of aryl methyl sites for hydroxylation is 2. The molecule has 0 aliphatic heterocycles. The molecule has 0 atom stereocenters. The Balaban J connectivity index is 0.00000392. The van der Waals surface area contributed by atoms with Gasteiger partial charge in [0.1, 0.15) is 11.5 Å². The molecular weight excluding hydrogens is 528 g/mol. The number of nitrogens with one attached hydrogen (secondary N) is 2. The number of aromatic nitrogens is 1. The van der Waals surface area contributed by atoms with E-state index in [0.29, 0.717) is 35.5 Å². The quantitative estimate of drug-likeness (QED) is 0.287. The lowest BCUT2D eigenvalue weighted by Gasteiger charge is -2.13. The first-order chi connectivity index (χ1) is 12.8. The van der Waals surface area contributed by atoms with Crippen molar-refractivity contribution in [3.05, 3.63) is 45.1 Å². The van der Waals surface area contributed by atoms with Crippen LogP contribution in [0.4, 0.5) is 8.78 Å². The van der Waals surface area contributed by atoms with Crippen LogP contribution in [0.1, 0.15) is 29.8 Å². The molecule has 156 valence electrons. The number of aliphatic imine (C=N–C) groups is 1. The second-order valence-corrected chi connectivity index (χ2v) is 6.40. The summed E-state index contributed by atoms with van der Waals surface area (Å²) in [5, 5.41) is 6.41. The fourth-order valence-electron chi connectivity index (χ4n) is 2.23. The molecule has 0 aliphatic rings. The Bertz CT molecular complexity index is 799. The third-order valence-electron chi connectivity index (χ3n) is 3.52. The van der Waals surface area contributed by atoms with E-state index in [1.165, 1.54) is 12.1 Å². The Morgan fingerprint density at radius 1 is 1.29 bits per heavy atom. The molecule has 2 aromatic rings. The van der Waals surface area contributed by atoms with Gasteiger partial charge in [0.15, 0.2) is 5.96 Å². The molecule has 0 radical (unpaired) electrons. The third-order valence-corrected chi connectivity index (χ3v) is 4.02. The Hall–Kier alpha value is -1.33. The molecule has 0 amide bonds. The molecular formula is C17H21Cl2F2IN4O2. The number of alkyl halides is 2. The lowest BCUT2D eigenvalue weighted by Crippen LogP contribution is -2.36. The topological polar surface area (TPSA) is 71.7 Å². The number of halogens is 5. The van der Waals surface area contributed by atoms with Crippen molar-refractivity contribution in [2.75, 3.05) is 6.54 Å². The fourth-order valence-corrected chi connectivity index (χ4v) is 2.81. The van der Waals surface area contributed by atoms with E-state index in [1.807, 2.05) is 20.8 Å². The minimum atomic E-state index is -3.01. The molecule has 0 unspecified atom stereocenters. The molecule has 0 fully saturated rings. The Morgan fingerprint density at radius 3 is 2.57 bits per heavy atom. The summed E-state index contributed by atoms with van der Waals surface area (Å²) in [5.74, 6) is 1.57. The van der Waals surface area contributed by atoms with Gasteiger partial charge in [-0.1, -0.05) is 23.2 Å². The van der Waals surface area contributed by atoms with Crippen LogP contribution in [0.5, 0.6) is 5.75 Å². The first-order valence-electron chi connectivity index (χ1n) is 8.18. The van der Waals surface area contributed by atoms with E-state index >= 15 is 0 Å². The smallest absolute Gasteiger partial charge is 0.387 e. The summed E-state index contributed by atoms with van der Waals surface area (Å²) in [6.07, 6.45) is 0. The van der Waals surface area contributed by atoms with Gasteiger partial charge < -0.3 is 19.8 Å². The third kappa shape index (κ3) is 7.25. The first-order valence-corrected chi connectivity index (χ1v) is 8.93. The minimum Gasteiger partial charge on any atom is -0.444 e. The largest absolute Gasteiger partial charge is 0.444 e. The van der Waals surface area contributed by atoms with Gasteiger partial charge in [-0.2, -0.15) is 8.78 Å². The van der Waals surface area contributed by atoms with Gasteiger partial charge in [0.2, 0.25) is 5.89 Å². The normalized spacial score (nSPS) is 11.4. The van der Waals surface area contributed by atoms with Gasteiger partial charge in [0.05, 0.1) is 23.8 Å². The summed E-state index contributed by atoms with van der Waals surface area (Å²) in [4.78, 5) is 8.64. The maximum Gasteiger partial charge on any atom is 0.387 e. The zero-order chi connectivity index (χ0) is 20.0. The van der Waals surface area contributed by atoms with Gasteiger partial charge >= 0.3 is 6.61 Å². The Morgan fingerprint density at radius 2 is 2.00 bits per heavy atom. The predicted molar refractivity (Wildman–Crippen MR) is 116 cm³/mol. The van der Waals surface area contributed by atoms with Crippen LogP contribution < -0.4 is 15.4 Å². The van der Waals surface area contributed by atoms with Gasteiger partial charge in [-0.25, -0.2) is 9.98 Å². The lowest BCUT2D eigenvalue weighted by molar-refractivity contribution is -0.0503. The molecule has 0 bridgehead atoms. The van der Waals surface area contributed by atoms with Gasteiger partial charge in [-0.05, 0) is 32.9 Å². The molecule has 0 saturated heterocycles. The number of ether oxygens (including phenoxy) is 1. The second kappa shape index (κ2) is 11.6. The molecule has 0 spiro atoms. The zero-order valence-corrected chi connectivity index (χ0v) is 19.3. The van der Waals surface area contributed by atoms with Crippen molar-refractivity contribution in [1.82, 2.24) is 15.6 Å². The molecule has 1 heterocycles. The van der Waals surface area contributed by atoms with Gasteiger partial charge in [0, 0.05) is 17.1 Å². The highest BCUT2D eigenvalue weighted by Crippen LogP contribution is 2.34. The predicted octanol–water partition coefficient (Wildman–Crippen LogP) is 5.07. The van der Waals surface area contributed by atoms with Crippen molar-refractivity contribution in [2.45, 2.75) is 40.5 Å². The Labute approximate surface area is 189 Å². The second-order valence-electron chi connectivity index (χ2n) is 5.55. The van der Waals surface area contributed by atoms with E-state index < -0.39 is 6.61 Å². The van der Waals surface area contributed by atoms with Gasteiger partial charge in [0.25, 0.3) is 0 Å². The highest BCUT2D eigenvalue weighted by Gasteiger charge is 2.15. The highest BCUT2D eigenvalue weighted by molar-refractivity contribution is 14.0. The number of oxazole rings is 1. The maximum atomic E-state index is 12.7. The summed E-state index contributed by atoms with van der Waals surface area (Å²) >= 11 is 11.9. The van der Waals surface area contributed by atoms with Crippen molar-refractivity contribution >= 4 is 53.1 Å². The first kappa shape index (κ1) is 24.7. The number of nitrogens with zero attached hydrogens (tertiary/aromatic N) is 2. The minimum absolute atomic E-state index is 0. The SMILES string of the molecule is CCNC(=NCc1cc(Cl)cc(Cl)c1OC(F)F)NCc1nc(C)c(C)o1.I. The Kier molecular flexibility index (Phi) is 10.3. The molecule has 28 heavy (non-hydrogen) atoms. The van der Waals surface area contributed by atoms with E-state index in [0.717, 1.165) is 11.5 Å². The van der Waals surface area contributed by atoms with Crippen molar-refractivity contribution in [3.63, 3.8) is 0 Å². The highest BCUT2D eigenvalue weighted by atomic mass is 127. The summed E-state index contributed by atoms with van der Waals surface area (Å²) in [6, 6.07) is 2.82. The van der Waals surface area contributed by atoms with Crippen LogP contribution >= 0.6 is 47.2 Å². The summed E-state index contributed by atoms with van der Waals surface area (Å²) < 4.78 is 35.3. The number of hydrogen-bond donors (Lipinski definition) is 2. The molecule has 1 aromatic heterocycles. The molecule has 6 nitrogen and oxygen atoms in total. The van der Waals surface area contributed by atoms with E-state index in [-0.39, 0.29) is 41.3 Å². The number of rotatable bonds is 7. The molecule has 11 heteroatoms. The van der Waals surface area contributed by atoms with E-state index in [9.17, 15) is 8.78 Å². The summed E-state index contributed by atoms with van der Waals surface area (Å²) in [6.45, 7) is 3.53. The van der Waals surface area contributed by atoms with Crippen molar-refractivity contribution in [1.29, 1.82) is 0 Å². The van der Waals surface area contributed by atoms with Gasteiger partial charge in [-0.3, -0.25) is 0 Å².